The summed E-state index contributed by atoms with van der Waals surface area (Å²) >= 11 is 0. The highest BCUT2D eigenvalue weighted by atomic mass is 35.5. The molecule has 1 aliphatic heterocycles. The number of rotatable bonds is 2. The largest absolute Gasteiger partial charge is 0.480 e. The maximum atomic E-state index is 10.5. The Hall–Kier alpha value is -0.280. The van der Waals surface area contributed by atoms with Crippen LogP contribution in [0.15, 0.2) is 0 Å². The Kier molecular flexibility index (Phi) is 5.33. The summed E-state index contributed by atoms with van der Waals surface area (Å²) in [7, 11) is 0. The highest BCUT2D eigenvalue weighted by Gasteiger charge is 2.25. The maximum Gasteiger partial charge on any atom is 0.317 e. The van der Waals surface area contributed by atoms with Crippen molar-refractivity contribution in [1.29, 1.82) is 0 Å². The molecule has 4 heteroatoms. The van der Waals surface area contributed by atoms with Crippen LogP contribution < -0.4 is 0 Å². The minimum Gasteiger partial charge on any atom is -0.480 e. The van der Waals surface area contributed by atoms with Gasteiger partial charge < -0.3 is 5.11 Å². The lowest BCUT2D eigenvalue weighted by molar-refractivity contribution is -0.140. The van der Waals surface area contributed by atoms with Crippen LogP contribution in [0.25, 0.3) is 0 Å². The predicted octanol–water partition coefficient (Wildman–Crippen LogP) is 1.76. The molecule has 1 saturated heterocycles. The van der Waals surface area contributed by atoms with Gasteiger partial charge in [0.15, 0.2) is 0 Å². The average molecular weight is 208 g/mol. The first-order chi connectivity index (χ1) is 5.61. The summed E-state index contributed by atoms with van der Waals surface area (Å²) in [5.41, 5.74) is 0. The van der Waals surface area contributed by atoms with E-state index >= 15 is 0 Å². The number of carboxylic acids is 1. The van der Waals surface area contributed by atoms with Crippen molar-refractivity contribution in [2.24, 2.45) is 0 Å². The fraction of sp³-hybridized carbons (Fsp3) is 0.889. The van der Waals surface area contributed by atoms with E-state index in [0.717, 1.165) is 12.8 Å². The summed E-state index contributed by atoms with van der Waals surface area (Å²) in [5.74, 6) is -0.712. The third-order valence-electron chi connectivity index (χ3n) is 2.69. The third kappa shape index (κ3) is 3.53. The van der Waals surface area contributed by atoms with Crippen LogP contribution in [-0.4, -0.2) is 34.6 Å². The molecule has 13 heavy (non-hydrogen) atoms. The molecule has 1 fully saturated rings. The van der Waals surface area contributed by atoms with Crippen molar-refractivity contribution >= 4 is 18.4 Å². The smallest absolute Gasteiger partial charge is 0.317 e. The van der Waals surface area contributed by atoms with Crippen LogP contribution in [0.1, 0.15) is 33.1 Å². The summed E-state index contributed by atoms with van der Waals surface area (Å²) in [5, 5.41) is 8.66. The number of aliphatic carboxylic acids is 1. The molecule has 0 aromatic heterocycles. The van der Waals surface area contributed by atoms with Crippen LogP contribution >= 0.6 is 12.4 Å². The zero-order chi connectivity index (χ0) is 9.14. The number of halogens is 1. The number of likely N-dealkylation sites (tertiary alicyclic amines) is 1. The Morgan fingerprint density at radius 3 is 2.23 bits per heavy atom. The lowest BCUT2D eigenvalue weighted by atomic mass is 9.98. The summed E-state index contributed by atoms with van der Waals surface area (Å²) in [6.45, 7) is 4.42. The highest BCUT2D eigenvalue weighted by molar-refractivity contribution is 5.85. The van der Waals surface area contributed by atoms with Gasteiger partial charge in [0.25, 0.3) is 0 Å². The number of carbonyl (C=O) groups is 1. The van der Waals surface area contributed by atoms with Gasteiger partial charge in [-0.15, -0.1) is 12.4 Å². The van der Waals surface area contributed by atoms with E-state index in [1.807, 2.05) is 0 Å². The van der Waals surface area contributed by atoms with E-state index in [1.54, 1.807) is 0 Å². The molecular weight excluding hydrogens is 190 g/mol. The van der Waals surface area contributed by atoms with Crippen molar-refractivity contribution in [2.45, 2.75) is 45.2 Å². The zero-order valence-corrected chi connectivity index (χ0v) is 9.01. The number of hydrogen-bond donors (Lipinski definition) is 1. The Bertz CT molecular complexity index is 165. The van der Waals surface area contributed by atoms with Gasteiger partial charge in [0.2, 0.25) is 0 Å². The fourth-order valence-corrected chi connectivity index (χ4v) is 1.94. The van der Waals surface area contributed by atoms with E-state index in [4.69, 9.17) is 5.11 Å². The van der Waals surface area contributed by atoms with E-state index in [1.165, 1.54) is 6.42 Å². The van der Waals surface area contributed by atoms with Gasteiger partial charge in [-0.3, -0.25) is 9.69 Å². The summed E-state index contributed by atoms with van der Waals surface area (Å²) in [4.78, 5) is 12.6. The standard InChI is InChI=1S/C9H17NO2.ClH/c1-7-4-3-5-8(2)10(7)6-9(11)12;/h7-8H,3-6H2,1-2H3,(H,11,12);1H. The molecule has 2 unspecified atom stereocenters. The first-order valence-corrected chi connectivity index (χ1v) is 4.59. The summed E-state index contributed by atoms with van der Waals surface area (Å²) < 4.78 is 0. The molecule has 1 heterocycles. The molecule has 0 bridgehead atoms. The molecule has 1 aliphatic rings. The minimum absolute atomic E-state index is 0. The second-order valence-corrected chi connectivity index (χ2v) is 3.70. The zero-order valence-electron chi connectivity index (χ0n) is 8.19. The third-order valence-corrected chi connectivity index (χ3v) is 2.69. The quantitative estimate of drug-likeness (QED) is 0.750. The normalized spacial score (nSPS) is 29.4. The number of hydrogen-bond acceptors (Lipinski definition) is 2. The van der Waals surface area contributed by atoms with Gasteiger partial charge in [0.05, 0.1) is 6.54 Å². The number of carboxylic acid groups (broad SMARTS) is 1. The van der Waals surface area contributed by atoms with Crippen LogP contribution in [0.3, 0.4) is 0 Å². The molecule has 0 aromatic carbocycles. The Morgan fingerprint density at radius 1 is 1.38 bits per heavy atom. The summed E-state index contributed by atoms with van der Waals surface area (Å²) in [6.07, 6.45) is 3.51. The molecule has 0 aliphatic carbocycles. The second-order valence-electron chi connectivity index (χ2n) is 3.70. The highest BCUT2D eigenvalue weighted by Crippen LogP contribution is 2.21. The Labute approximate surface area is 85.5 Å². The molecule has 0 radical (unpaired) electrons. The van der Waals surface area contributed by atoms with Crippen LogP contribution in [0.5, 0.6) is 0 Å². The molecule has 0 aromatic rings. The molecule has 3 nitrogen and oxygen atoms in total. The molecular formula is C9H18ClNO2. The van der Waals surface area contributed by atoms with E-state index in [-0.39, 0.29) is 19.0 Å². The van der Waals surface area contributed by atoms with E-state index in [9.17, 15) is 4.79 Å². The average Bonchev–Trinajstić information content (AvgIpc) is 1.97. The molecule has 1 N–H and O–H groups in total. The van der Waals surface area contributed by atoms with Gasteiger partial charge >= 0.3 is 5.97 Å². The van der Waals surface area contributed by atoms with E-state index in [2.05, 4.69) is 18.7 Å². The second kappa shape index (κ2) is 5.45. The first-order valence-electron chi connectivity index (χ1n) is 4.59. The SMILES string of the molecule is CC1CCCC(C)N1CC(=O)O.Cl. The molecule has 0 spiro atoms. The first kappa shape index (κ1) is 12.7. The van der Waals surface area contributed by atoms with E-state index in [0.29, 0.717) is 12.1 Å². The van der Waals surface area contributed by atoms with Crippen molar-refractivity contribution < 1.29 is 9.90 Å². The lowest BCUT2D eigenvalue weighted by Gasteiger charge is -2.37. The minimum atomic E-state index is -0.712. The van der Waals surface area contributed by atoms with Crippen LogP contribution in [0.4, 0.5) is 0 Å². The summed E-state index contributed by atoms with van der Waals surface area (Å²) in [6, 6.07) is 0.870. The van der Waals surface area contributed by atoms with Gasteiger partial charge in [0.1, 0.15) is 0 Å². The van der Waals surface area contributed by atoms with Gasteiger partial charge in [-0.1, -0.05) is 6.42 Å². The topological polar surface area (TPSA) is 40.5 Å². The predicted molar refractivity (Wildman–Crippen MR) is 54.4 cm³/mol. The maximum absolute atomic E-state index is 10.5. The van der Waals surface area contributed by atoms with Gasteiger partial charge in [-0.2, -0.15) is 0 Å². The van der Waals surface area contributed by atoms with Crippen molar-refractivity contribution in [3.8, 4) is 0 Å². The molecule has 1 rings (SSSR count). The van der Waals surface area contributed by atoms with Gasteiger partial charge in [0, 0.05) is 12.1 Å². The van der Waals surface area contributed by atoms with E-state index < -0.39 is 5.97 Å². The number of nitrogens with zero attached hydrogens (tertiary/aromatic N) is 1. The Balaban J connectivity index is 0.00000144. The molecule has 2 atom stereocenters. The van der Waals surface area contributed by atoms with Crippen molar-refractivity contribution in [2.75, 3.05) is 6.54 Å². The van der Waals surface area contributed by atoms with Crippen molar-refractivity contribution in [3.63, 3.8) is 0 Å². The van der Waals surface area contributed by atoms with Crippen LogP contribution in [0.2, 0.25) is 0 Å². The molecule has 0 amide bonds. The number of piperidine rings is 1. The fourth-order valence-electron chi connectivity index (χ4n) is 1.94. The van der Waals surface area contributed by atoms with Gasteiger partial charge in [-0.05, 0) is 26.7 Å². The lowest BCUT2D eigenvalue weighted by Crippen LogP contribution is -2.46. The molecule has 0 saturated carbocycles. The monoisotopic (exact) mass is 207 g/mol. The Morgan fingerprint density at radius 2 is 1.85 bits per heavy atom. The molecule has 78 valence electrons. The van der Waals surface area contributed by atoms with Crippen molar-refractivity contribution in [3.05, 3.63) is 0 Å². The van der Waals surface area contributed by atoms with Gasteiger partial charge in [-0.25, -0.2) is 0 Å². The van der Waals surface area contributed by atoms with Crippen molar-refractivity contribution in [1.82, 2.24) is 4.90 Å². The van der Waals surface area contributed by atoms with Crippen LogP contribution in [-0.2, 0) is 4.79 Å². The van der Waals surface area contributed by atoms with Crippen LogP contribution in [0, 0.1) is 0 Å².